The van der Waals surface area contributed by atoms with E-state index in [0.29, 0.717) is 17.1 Å². The number of carboxylic acids is 1. The molecule has 0 aliphatic rings. The molecule has 8 heteroatoms. The molecule has 0 bridgehead atoms. The quantitative estimate of drug-likeness (QED) is 0.782. The lowest BCUT2D eigenvalue weighted by Gasteiger charge is -2.09. The first-order valence-electron chi connectivity index (χ1n) is 6.19. The standard InChI is InChI=1S/C13H15N5O3/c1-8-3-4-9(5-10(8)12(19)20)16-13(21)14-6-11-17-15-7-18(11)2/h3-5,7H,6H2,1-2H3,(H,19,20)(H2,14,16,21). The third-order valence-corrected chi connectivity index (χ3v) is 2.94. The summed E-state index contributed by atoms with van der Waals surface area (Å²) in [6, 6.07) is 4.25. The van der Waals surface area contributed by atoms with Crippen LogP contribution in [0.15, 0.2) is 24.5 Å². The fourth-order valence-electron chi connectivity index (χ4n) is 1.73. The summed E-state index contributed by atoms with van der Waals surface area (Å²) in [4.78, 5) is 22.8. The Kier molecular flexibility index (Phi) is 4.17. The summed E-state index contributed by atoms with van der Waals surface area (Å²) < 4.78 is 1.69. The molecule has 0 aliphatic carbocycles. The molecule has 1 aromatic carbocycles. The van der Waals surface area contributed by atoms with Gasteiger partial charge in [0.05, 0.1) is 12.1 Å². The predicted octanol–water partition coefficient (Wildman–Crippen LogP) is 1.14. The number of benzene rings is 1. The van der Waals surface area contributed by atoms with Gasteiger partial charge < -0.3 is 20.3 Å². The van der Waals surface area contributed by atoms with Gasteiger partial charge in [0.2, 0.25) is 0 Å². The number of nitrogens with zero attached hydrogens (tertiary/aromatic N) is 3. The van der Waals surface area contributed by atoms with Crippen LogP contribution in [0, 0.1) is 6.92 Å². The van der Waals surface area contributed by atoms with Crippen molar-refractivity contribution < 1.29 is 14.7 Å². The minimum absolute atomic E-state index is 0.154. The van der Waals surface area contributed by atoms with Crippen LogP contribution in [0.2, 0.25) is 0 Å². The largest absolute Gasteiger partial charge is 0.478 e. The highest BCUT2D eigenvalue weighted by atomic mass is 16.4. The number of hydrogen-bond donors (Lipinski definition) is 3. The molecule has 0 atom stereocenters. The zero-order valence-corrected chi connectivity index (χ0v) is 11.6. The monoisotopic (exact) mass is 289 g/mol. The number of carbonyl (C=O) groups excluding carboxylic acids is 1. The van der Waals surface area contributed by atoms with Gasteiger partial charge in [0.1, 0.15) is 6.33 Å². The molecule has 0 aliphatic heterocycles. The van der Waals surface area contributed by atoms with Crippen LogP contribution in [0.5, 0.6) is 0 Å². The number of aromatic carboxylic acids is 1. The van der Waals surface area contributed by atoms with Gasteiger partial charge in [-0.25, -0.2) is 9.59 Å². The zero-order valence-electron chi connectivity index (χ0n) is 11.6. The third-order valence-electron chi connectivity index (χ3n) is 2.94. The van der Waals surface area contributed by atoms with Gasteiger partial charge in [-0.15, -0.1) is 10.2 Å². The highest BCUT2D eigenvalue weighted by Gasteiger charge is 2.10. The Labute approximate surface area is 120 Å². The summed E-state index contributed by atoms with van der Waals surface area (Å²) in [5.74, 6) is -0.420. The summed E-state index contributed by atoms with van der Waals surface area (Å²) in [5, 5.41) is 21.8. The minimum atomic E-state index is -1.03. The van der Waals surface area contributed by atoms with E-state index >= 15 is 0 Å². The van der Waals surface area contributed by atoms with Gasteiger partial charge >= 0.3 is 12.0 Å². The van der Waals surface area contributed by atoms with Crippen LogP contribution < -0.4 is 10.6 Å². The summed E-state index contributed by atoms with van der Waals surface area (Å²) >= 11 is 0. The number of aromatic nitrogens is 3. The van der Waals surface area contributed by atoms with Gasteiger partial charge in [0.15, 0.2) is 5.82 Å². The van der Waals surface area contributed by atoms with E-state index in [1.807, 2.05) is 0 Å². The number of aryl methyl sites for hydroxylation is 2. The molecule has 0 spiro atoms. The van der Waals surface area contributed by atoms with E-state index in [1.165, 1.54) is 12.4 Å². The number of anilines is 1. The Morgan fingerprint density at radius 2 is 2.14 bits per heavy atom. The van der Waals surface area contributed by atoms with Crippen molar-refractivity contribution in [2.45, 2.75) is 13.5 Å². The zero-order chi connectivity index (χ0) is 15.4. The van der Waals surface area contributed by atoms with Crippen LogP contribution in [-0.2, 0) is 13.6 Å². The van der Waals surface area contributed by atoms with Crippen molar-refractivity contribution in [3.63, 3.8) is 0 Å². The first-order chi connectivity index (χ1) is 9.97. The lowest BCUT2D eigenvalue weighted by molar-refractivity contribution is 0.0696. The fraction of sp³-hybridized carbons (Fsp3) is 0.231. The maximum absolute atomic E-state index is 11.8. The molecule has 0 unspecified atom stereocenters. The summed E-state index contributed by atoms with van der Waals surface area (Å²) in [7, 11) is 1.77. The van der Waals surface area contributed by atoms with Gasteiger partial charge in [0.25, 0.3) is 0 Å². The molecule has 21 heavy (non-hydrogen) atoms. The van der Waals surface area contributed by atoms with Crippen LogP contribution in [0.25, 0.3) is 0 Å². The van der Waals surface area contributed by atoms with Crippen LogP contribution in [0.3, 0.4) is 0 Å². The van der Waals surface area contributed by atoms with E-state index < -0.39 is 12.0 Å². The van der Waals surface area contributed by atoms with Gasteiger partial charge in [-0.3, -0.25) is 0 Å². The van der Waals surface area contributed by atoms with Crippen LogP contribution in [-0.4, -0.2) is 31.9 Å². The van der Waals surface area contributed by atoms with Crippen LogP contribution >= 0.6 is 0 Å². The average molecular weight is 289 g/mol. The van der Waals surface area contributed by atoms with Crippen molar-refractivity contribution in [1.29, 1.82) is 0 Å². The van der Waals surface area contributed by atoms with E-state index in [4.69, 9.17) is 5.11 Å². The van der Waals surface area contributed by atoms with E-state index in [2.05, 4.69) is 20.8 Å². The number of carbonyl (C=O) groups is 2. The highest BCUT2D eigenvalue weighted by Crippen LogP contribution is 2.15. The summed E-state index contributed by atoms with van der Waals surface area (Å²) in [6.07, 6.45) is 1.54. The lowest BCUT2D eigenvalue weighted by Crippen LogP contribution is -2.29. The average Bonchev–Trinajstić information content (AvgIpc) is 2.84. The van der Waals surface area contributed by atoms with E-state index in [1.54, 1.807) is 30.7 Å². The maximum atomic E-state index is 11.8. The molecule has 0 fully saturated rings. The maximum Gasteiger partial charge on any atom is 0.336 e. The van der Waals surface area contributed by atoms with Crippen molar-refractivity contribution in [1.82, 2.24) is 20.1 Å². The molecule has 2 aromatic rings. The Hall–Kier alpha value is -2.90. The van der Waals surface area contributed by atoms with E-state index in [9.17, 15) is 9.59 Å². The Morgan fingerprint density at radius 1 is 1.38 bits per heavy atom. The first kappa shape index (κ1) is 14.5. The molecule has 110 valence electrons. The van der Waals surface area contributed by atoms with E-state index in [0.717, 1.165) is 0 Å². The molecule has 0 saturated carbocycles. The lowest BCUT2D eigenvalue weighted by atomic mass is 10.1. The molecule has 2 amide bonds. The molecule has 2 rings (SSSR count). The van der Waals surface area contributed by atoms with Crippen molar-refractivity contribution in [2.75, 3.05) is 5.32 Å². The second kappa shape index (κ2) is 6.04. The van der Waals surface area contributed by atoms with Crippen molar-refractivity contribution in [3.8, 4) is 0 Å². The minimum Gasteiger partial charge on any atom is -0.478 e. The molecule has 1 aromatic heterocycles. The molecular weight excluding hydrogens is 274 g/mol. The van der Waals surface area contributed by atoms with Crippen molar-refractivity contribution in [3.05, 3.63) is 41.5 Å². The number of hydrogen-bond acceptors (Lipinski definition) is 4. The van der Waals surface area contributed by atoms with Gasteiger partial charge in [-0.2, -0.15) is 0 Å². The Bertz CT molecular complexity index is 680. The number of amides is 2. The second-order valence-electron chi connectivity index (χ2n) is 4.50. The highest BCUT2D eigenvalue weighted by molar-refractivity contribution is 5.94. The van der Waals surface area contributed by atoms with Gasteiger partial charge in [0, 0.05) is 12.7 Å². The molecule has 8 nitrogen and oxygen atoms in total. The van der Waals surface area contributed by atoms with Gasteiger partial charge in [-0.1, -0.05) is 6.07 Å². The fourth-order valence-corrected chi connectivity index (χ4v) is 1.73. The second-order valence-corrected chi connectivity index (χ2v) is 4.50. The smallest absolute Gasteiger partial charge is 0.336 e. The van der Waals surface area contributed by atoms with Crippen LogP contribution in [0.1, 0.15) is 21.7 Å². The summed E-state index contributed by atoms with van der Waals surface area (Å²) in [5.41, 5.74) is 1.20. The Morgan fingerprint density at radius 3 is 2.76 bits per heavy atom. The van der Waals surface area contributed by atoms with E-state index in [-0.39, 0.29) is 12.1 Å². The first-order valence-corrected chi connectivity index (χ1v) is 6.19. The molecular formula is C13H15N5O3. The number of nitrogens with one attached hydrogen (secondary N) is 2. The predicted molar refractivity (Wildman–Crippen MR) is 75.0 cm³/mol. The normalized spacial score (nSPS) is 10.2. The van der Waals surface area contributed by atoms with Crippen molar-refractivity contribution >= 4 is 17.7 Å². The van der Waals surface area contributed by atoms with Gasteiger partial charge in [-0.05, 0) is 24.6 Å². The molecule has 0 radical (unpaired) electrons. The van der Waals surface area contributed by atoms with Crippen molar-refractivity contribution in [2.24, 2.45) is 7.05 Å². The Balaban J connectivity index is 1.98. The topological polar surface area (TPSA) is 109 Å². The third kappa shape index (κ3) is 3.56. The number of urea groups is 1. The molecule has 0 saturated heterocycles. The number of carboxylic acid groups (broad SMARTS) is 1. The molecule has 1 heterocycles. The van der Waals surface area contributed by atoms with Crippen LogP contribution in [0.4, 0.5) is 10.5 Å². The molecule has 3 N–H and O–H groups in total. The summed E-state index contributed by atoms with van der Waals surface area (Å²) in [6.45, 7) is 1.92. The SMILES string of the molecule is Cc1ccc(NC(=O)NCc2nncn2C)cc1C(=O)O. The number of rotatable bonds is 4.